The predicted molar refractivity (Wildman–Crippen MR) is 212 cm³/mol. The topological polar surface area (TPSA) is 6.48 Å². The minimum Gasteiger partial charge on any atom is -0.344 e. The van der Waals surface area contributed by atoms with Crippen LogP contribution in [-0.4, -0.2) is 27.2 Å². The molecule has 0 aliphatic rings. The Balaban J connectivity index is 1.44. The predicted octanol–water partition coefficient (Wildman–Crippen LogP) is 12.5. The summed E-state index contributed by atoms with van der Waals surface area (Å²) < 4.78 is 94.2. The first kappa shape index (κ1) is 36.7. The van der Waals surface area contributed by atoms with E-state index in [-0.39, 0.29) is 16.7 Å². The van der Waals surface area contributed by atoms with Crippen LogP contribution in [0, 0.1) is 0 Å². The number of anilines is 5. The molecule has 2 nitrogen and oxygen atoms in total. The van der Waals surface area contributed by atoms with Crippen LogP contribution in [0.25, 0.3) is 21.5 Å². The summed E-state index contributed by atoms with van der Waals surface area (Å²) in [7, 11) is 3.70. The first-order chi connectivity index (χ1) is 25.6. The van der Waals surface area contributed by atoms with E-state index >= 15 is 26.3 Å². The summed E-state index contributed by atoms with van der Waals surface area (Å²) in [5.74, 6) is 0. The van der Waals surface area contributed by atoms with Gasteiger partial charge in [-0.3, -0.25) is 0 Å². The Morgan fingerprint density at radius 2 is 0.889 bits per heavy atom. The number of hydrogen-bond acceptors (Lipinski definition) is 2. The maximum Gasteiger partial charge on any atom is 0.411 e. The maximum absolute atomic E-state index is 15.7. The van der Waals surface area contributed by atoms with Crippen molar-refractivity contribution in [3.05, 3.63) is 174 Å². The van der Waals surface area contributed by atoms with Gasteiger partial charge in [-0.1, -0.05) is 129 Å². The summed E-state index contributed by atoms with van der Waals surface area (Å²) in [6.07, 6.45) is -11.6. The number of hydrogen-bond donors (Lipinski definition) is 0. The second-order valence-electron chi connectivity index (χ2n) is 14.5. The van der Waals surface area contributed by atoms with Gasteiger partial charge in [0, 0.05) is 40.6 Å². The lowest BCUT2D eigenvalue weighted by atomic mass is 9.67. The average molecular weight is 731 g/mol. The van der Waals surface area contributed by atoms with Crippen LogP contribution in [-0.2, 0) is 10.7 Å². The van der Waals surface area contributed by atoms with Crippen molar-refractivity contribution in [1.82, 2.24) is 0 Å². The van der Waals surface area contributed by atoms with Gasteiger partial charge in [0.1, 0.15) is 7.85 Å². The second-order valence-corrected chi connectivity index (χ2v) is 14.5. The molecule has 7 aromatic rings. The molecule has 0 amide bonds. The molecular formula is C45H37BF6N2. The highest BCUT2D eigenvalue weighted by atomic mass is 19.4. The Kier molecular flexibility index (Phi) is 9.24. The molecular weight excluding hydrogens is 693 g/mol. The fraction of sp³-hybridized carbons (Fsp3) is 0.156. The van der Waals surface area contributed by atoms with Crippen molar-refractivity contribution in [3.63, 3.8) is 0 Å². The fourth-order valence-corrected chi connectivity index (χ4v) is 7.39. The Bertz CT molecular complexity index is 2420. The molecule has 0 heterocycles. The summed E-state index contributed by atoms with van der Waals surface area (Å²) in [5.41, 5.74) is -3.07. The zero-order valence-corrected chi connectivity index (χ0v) is 30.2. The van der Waals surface area contributed by atoms with Gasteiger partial charge in [0.15, 0.2) is 0 Å². The molecule has 0 unspecified atom stereocenters. The van der Waals surface area contributed by atoms with Crippen molar-refractivity contribution in [3.8, 4) is 0 Å². The van der Waals surface area contributed by atoms with Gasteiger partial charge in [-0.05, 0) is 75.7 Å². The highest BCUT2D eigenvalue weighted by Gasteiger charge is 2.72. The number of fused-ring (bicyclic) bond motifs is 2. The van der Waals surface area contributed by atoms with E-state index in [4.69, 9.17) is 0 Å². The fourth-order valence-electron chi connectivity index (χ4n) is 7.39. The van der Waals surface area contributed by atoms with Gasteiger partial charge in [0.05, 0.1) is 5.69 Å². The molecule has 7 aromatic carbocycles. The van der Waals surface area contributed by atoms with E-state index in [1.807, 2.05) is 97.1 Å². The van der Waals surface area contributed by atoms with Gasteiger partial charge in [0.25, 0.3) is 0 Å². The van der Waals surface area contributed by atoms with Crippen LogP contribution in [0.4, 0.5) is 54.8 Å². The molecule has 9 heteroatoms. The number of halogens is 6. The van der Waals surface area contributed by atoms with E-state index in [2.05, 4.69) is 21.7 Å². The monoisotopic (exact) mass is 730 g/mol. The van der Waals surface area contributed by atoms with Gasteiger partial charge in [-0.25, -0.2) is 0 Å². The SMILES string of the molecule is BC(C)(C)c1ccc(N(c2cccc(C(c3cccc(N(C)c4cccc5ccccc45)c3)(C(F)(F)F)C(F)(F)F)c2)c2cccc3ccccc23)cc1. The summed E-state index contributed by atoms with van der Waals surface area (Å²) >= 11 is 0. The van der Waals surface area contributed by atoms with Gasteiger partial charge in [-0.15, -0.1) is 0 Å². The van der Waals surface area contributed by atoms with E-state index in [1.54, 1.807) is 35.0 Å². The van der Waals surface area contributed by atoms with Crippen molar-refractivity contribution >= 4 is 57.8 Å². The Hall–Kier alpha value is -5.70. The molecule has 0 saturated carbocycles. The molecule has 0 atom stereocenters. The van der Waals surface area contributed by atoms with Crippen LogP contribution in [0.3, 0.4) is 0 Å². The lowest BCUT2D eigenvalue weighted by molar-refractivity contribution is -0.288. The molecule has 0 N–H and O–H groups in total. The third-order valence-corrected chi connectivity index (χ3v) is 10.2. The molecule has 0 spiro atoms. The highest BCUT2D eigenvalue weighted by Crippen LogP contribution is 2.57. The van der Waals surface area contributed by atoms with Gasteiger partial charge < -0.3 is 9.80 Å². The maximum atomic E-state index is 15.7. The van der Waals surface area contributed by atoms with Crippen molar-refractivity contribution < 1.29 is 26.3 Å². The van der Waals surface area contributed by atoms with E-state index in [0.717, 1.165) is 51.4 Å². The van der Waals surface area contributed by atoms with Crippen LogP contribution in [0.2, 0.25) is 0 Å². The Morgan fingerprint density at radius 3 is 1.43 bits per heavy atom. The first-order valence-corrected chi connectivity index (χ1v) is 17.6. The van der Waals surface area contributed by atoms with Gasteiger partial charge >= 0.3 is 12.4 Å². The summed E-state index contributed by atoms with van der Waals surface area (Å²) in [5, 5.41) is 3.17. The van der Waals surface area contributed by atoms with Gasteiger partial charge in [0.2, 0.25) is 5.41 Å². The molecule has 0 fully saturated rings. The standard InChI is InChI=1S/C45H37BF6N2/c1-42(2,46)32-24-26-35(27-25-32)54(41-23-9-15-31-13-5-7-21-39(31)41)37-19-11-17-34(29-37)43(44(47,48)49,45(50,51)52)33-16-10-18-36(28-33)53(3)40-22-8-14-30-12-4-6-20-38(30)40/h4-29H,46H2,1-3H3. The summed E-state index contributed by atoms with van der Waals surface area (Å²) in [6.45, 7) is 4.13. The molecule has 0 aliphatic heterocycles. The van der Waals surface area contributed by atoms with Crippen LogP contribution in [0.5, 0.6) is 0 Å². The number of benzene rings is 7. The number of rotatable bonds is 8. The van der Waals surface area contributed by atoms with Crippen LogP contribution >= 0.6 is 0 Å². The van der Waals surface area contributed by atoms with E-state index < -0.39 is 28.9 Å². The average Bonchev–Trinajstić information content (AvgIpc) is 3.14. The molecule has 7 rings (SSSR count). The number of alkyl halides is 6. The largest absolute Gasteiger partial charge is 0.411 e. The molecule has 0 aliphatic carbocycles. The van der Waals surface area contributed by atoms with E-state index in [9.17, 15) is 0 Å². The smallest absolute Gasteiger partial charge is 0.344 e. The van der Waals surface area contributed by atoms with E-state index in [0.29, 0.717) is 17.1 Å². The van der Waals surface area contributed by atoms with Gasteiger partial charge in [-0.2, -0.15) is 26.3 Å². The van der Waals surface area contributed by atoms with Crippen LogP contribution in [0.15, 0.2) is 158 Å². The lowest BCUT2D eigenvalue weighted by Crippen LogP contribution is -2.54. The minimum atomic E-state index is -5.78. The van der Waals surface area contributed by atoms with Crippen molar-refractivity contribution in [2.45, 2.75) is 36.9 Å². The molecule has 0 radical (unpaired) electrons. The molecule has 54 heavy (non-hydrogen) atoms. The quantitative estimate of drug-likeness (QED) is 0.113. The lowest BCUT2D eigenvalue weighted by Gasteiger charge is -2.39. The van der Waals surface area contributed by atoms with Crippen LogP contribution in [0.1, 0.15) is 30.5 Å². The third-order valence-electron chi connectivity index (χ3n) is 10.2. The Labute approximate surface area is 311 Å². The highest BCUT2D eigenvalue weighted by molar-refractivity contribution is 6.15. The second kappa shape index (κ2) is 13.6. The van der Waals surface area contributed by atoms with Crippen LogP contribution < -0.4 is 9.80 Å². The molecule has 0 bridgehead atoms. The third kappa shape index (κ3) is 6.35. The van der Waals surface area contributed by atoms with Crippen molar-refractivity contribution in [2.24, 2.45) is 0 Å². The molecule has 0 saturated heterocycles. The minimum absolute atomic E-state index is 0.147. The normalized spacial score (nSPS) is 12.6. The van der Waals surface area contributed by atoms with Crippen molar-refractivity contribution in [2.75, 3.05) is 16.8 Å². The zero-order chi connectivity index (χ0) is 38.5. The number of nitrogens with zero attached hydrogens (tertiary/aromatic N) is 2. The summed E-state index contributed by atoms with van der Waals surface area (Å²) in [6, 6.07) is 43.1. The van der Waals surface area contributed by atoms with E-state index in [1.165, 1.54) is 18.2 Å². The zero-order valence-electron chi connectivity index (χ0n) is 30.2. The summed E-state index contributed by atoms with van der Waals surface area (Å²) in [4.78, 5) is 3.34. The molecule has 272 valence electrons. The van der Waals surface area contributed by atoms with Crippen molar-refractivity contribution in [1.29, 1.82) is 0 Å². The molecule has 0 aromatic heterocycles. The first-order valence-electron chi connectivity index (χ1n) is 17.6. The Morgan fingerprint density at radius 1 is 0.444 bits per heavy atom.